The Morgan fingerprint density at radius 2 is 2.40 bits per heavy atom. The fourth-order valence-electron chi connectivity index (χ4n) is 1.47. The third-order valence-corrected chi connectivity index (χ3v) is 2.71. The summed E-state index contributed by atoms with van der Waals surface area (Å²) in [7, 11) is 0. The van der Waals surface area contributed by atoms with Crippen LogP contribution in [0, 0.1) is 0 Å². The number of nitrogens with two attached hydrogens (primary N) is 1. The van der Waals surface area contributed by atoms with Crippen molar-refractivity contribution in [1.29, 1.82) is 0 Å². The van der Waals surface area contributed by atoms with Gasteiger partial charge in [0.25, 0.3) is 0 Å². The molecule has 0 bridgehead atoms. The van der Waals surface area contributed by atoms with Gasteiger partial charge in [-0.05, 0) is 41.0 Å². The molecule has 5 heteroatoms. The van der Waals surface area contributed by atoms with Crippen LogP contribution in [0.4, 0.5) is 0 Å². The molecule has 2 rings (SSSR count). The number of nitrogens with zero attached hydrogens (tertiary/aromatic N) is 2. The lowest BCUT2D eigenvalue weighted by molar-refractivity contribution is 0.0810. The number of halogens is 1. The van der Waals surface area contributed by atoms with E-state index in [1.807, 2.05) is 12.1 Å². The zero-order valence-corrected chi connectivity index (χ0v) is 9.77. The first-order chi connectivity index (χ1) is 7.29. The number of hydrogen-bond donors (Lipinski definition) is 1. The van der Waals surface area contributed by atoms with E-state index < -0.39 is 0 Å². The van der Waals surface area contributed by atoms with Crippen LogP contribution in [0.25, 0.3) is 0 Å². The molecule has 2 heterocycles. The maximum absolute atomic E-state index is 5.46. The second-order valence-electron chi connectivity index (χ2n) is 3.41. The Morgan fingerprint density at radius 3 is 3.07 bits per heavy atom. The summed E-state index contributed by atoms with van der Waals surface area (Å²) in [6.07, 6.45) is 3.51. The third kappa shape index (κ3) is 2.54. The first-order valence-corrected chi connectivity index (χ1v) is 5.63. The van der Waals surface area contributed by atoms with Crippen LogP contribution in [0.15, 0.2) is 28.0 Å². The molecule has 0 fully saturated rings. The van der Waals surface area contributed by atoms with Gasteiger partial charge < -0.3 is 10.6 Å². The fourth-order valence-corrected chi connectivity index (χ4v) is 1.70. The van der Waals surface area contributed by atoms with Crippen LogP contribution < -0.4 is 5.73 Å². The maximum atomic E-state index is 5.46. The number of oxime groups is 1. The van der Waals surface area contributed by atoms with E-state index in [9.17, 15) is 0 Å². The van der Waals surface area contributed by atoms with Crippen molar-refractivity contribution >= 4 is 21.6 Å². The molecule has 2 N–H and O–H groups in total. The number of pyridine rings is 1. The normalized spacial score (nSPS) is 19.9. The summed E-state index contributed by atoms with van der Waals surface area (Å²) in [4.78, 5) is 9.51. The lowest BCUT2D eigenvalue weighted by atomic mass is 10.1. The van der Waals surface area contributed by atoms with E-state index in [2.05, 4.69) is 26.1 Å². The van der Waals surface area contributed by atoms with Gasteiger partial charge in [-0.2, -0.15) is 0 Å². The van der Waals surface area contributed by atoms with E-state index >= 15 is 0 Å². The van der Waals surface area contributed by atoms with Gasteiger partial charge in [-0.3, -0.25) is 4.98 Å². The average Bonchev–Trinajstić information content (AvgIpc) is 2.68. The topological polar surface area (TPSA) is 60.5 Å². The fraction of sp³-hybridized carbons (Fsp3) is 0.400. The van der Waals surface area contributed by atoms with Gasteiger partial charge in [-0.15, -0.1) is 0 Å². The number of rotatable bonds is 3. The van der Waals surface area contributed by atoms with E-state index in [1.165, 1.54) is 0 Å². The van der Waals surface area contributed by atoms with Crippen molar-refractivity contribution < 1.29 is 4.84 Å². The van der Waals surface area contributed by atoms with Gasteiger partial charge in [0.1, 0.15) is 11.8 Å². The summed E-state index contributed by atoms with van der Waals surface area (Å²) < 4.78 is 0.962. The largest absolute Gasteiger partial charge is 0.392 e. The van der Waals surface area contributed by atoms with Gasteiger partial charge in [-0.25, -0.2) is 0 Å². The van der Waals surface area contributed by atoms with Crippen LogP contribution >= 0.6 is 15.9 Å². The molecule has 0 saturated heterocycles. The monoisotopic (exact) mass is 269 g/mol. The predicted octanol–water partition coefficient (Wildman–Crippen LogP) is 1.69. The molecule has 15 heavy (non-hydrogen) atoms. The van der Waals surface area contributed by atoms with E-state index in [0.717, 1.165) is 28.7 Å². The molecule has 0 spiro atoms. The lowest BCUT2D eigenvalue weighted by Gasteiger charge is -2.04. The van der Waals surface area contributed by atoms with Crippen molar-refractivity contribution in [2.45, 2.75) is 18.9 Å². The molecule has 1 aromatic rings. The first kappa shape index (κ1) is 10.6. The molecule has 1 atom stereocenters. The zero-order chi connectivity index (χ0) is 10.7. The molecule has 0 radical (unpaired) electrons. The molecule has 1 aliphatic rings. The van der Waals surface area contributed by atoms with Gasteiger partial charge in [0, 0.05) is 17.1 Å². The number of hydrogen-bond acceptors (Lipinski definition) is 4. The van der Waals surface area contributed by atoms with Crippen molar-refractivity contribution in [2.75, 3.05) is 6.54 Å². The smallest absolute Gasteiger partial charge is 0.134 e. The molecule has 1 aromatic heterocycles. The highest BCUT2D eigenvalue weighted by Gasteiger charge is 2.21. The van der Waals surface area contributed by atoms with Gasteiger partial charge >= 0.3 is 0 Å². The molecule has 0 unspecified atom stereocenters. The Labute approximate surface area is 96.6 Å². The number of aromatic nitrogens is 1. The predicted molar refractivity (Wildman–Crippen MR) is 61.6 cm³/mol. The molecular weight excluding hydrogens is 258 g/mol. The van der Waals surface area contributed by atoms with Crippen LogP contribution in [0.3, 0.4) is 0 Å². The van der Waals surface area contributed by atoms with Crippen LogP contribution in [0.5, 0.6) is 0 Å². The molecule has 0 saturated carbocycles. The van der Waals surface area contributed by atoms with Crippen LogP contribution in [0.1, 0.15) is 18.5 Å². The Balaban J connectivity index is 2.04. The summed E-state index contributed by atoms with van der Waals surface area (Å²) in [6.45, 7) is 0.626. The van der Waals surface area contributed by atoms with E-state index in [1.54, 1.807) is 6.20 Å². The average molecular weight is 270 g/mol. The minimum atomic E-state index is 0.121. The molecule has 4 nitrogen and oxygen atoms in total. The van der Waals surface area contributed by atoms with Gasteiger partial charge in [0.05, 0.1) is 5.69 Å². The molecule has 0 aliphatic carbocycles. The summed E-state index contributed by atoms with van der Waals surface area (Å²) in [5.41, 5.74) is 7.24. The zero-order valence-electron chi connectivity index (χ0n) is 8.19. The molecule has 80 valence electrons. The Bertz CT molecular complexity index is 363. The van der Waals surface area contributed by atoms with Crippen molar-refractivity contribution in [3.05, 3.63) is 28.5 Å². The highest BCUT2D eigenvalue weighted by Crippen LogP contribution is 2.18. The maximum Gasteiger partial charge on any atom is 0.134 e. The Kier molecular flexibility index (Phi) is 3.33. The quantitative estimate of drug-likeness (QED) is 0.909. The van der Waals surface area contributed by atoms with Crippen LogP contribution in [-0.4, -0.2) is 23.3 Å². The van der Waals surface area contributed by atoms with Crippen molar-refractivity contribution in [2.24, 2.45) is 10.9 Å². The van der Waals surface area contributed by atoms with E-state index in [-0.39, 0.29) is 6.10 Å². The Hall–Kier alpha value is -0.940. The summed E-state index contributed by atoms with van der Waals surface area (Å²) in [5, 5.41) is 4.02. The summed E-state index contributed by atoms with van der Waals surface area (Å²) >= 11 is 3.34. The van der Waals surface area contributed by atoms with Crippen molar-refractivity contribution in [3.8, 4) is 0 Å². The summed E-state index contributed by atoms with van der Waals surface area (Å²) in [6, 6.07) is 3.87. The molecule has 0 aromatic carbocycles. The lowest BCUT2D eigenvalue weighted by Crippen LogP contribution is -2.14. The van der Waals surface area contributed by atoms with E-state index in [0.29, 0.717) is 6.54 Å². The third-order valence-electron chi connectivity index (χ3n) is 2.24. The second kappa shape index (κ2) is 4.72. The second-order valence-corrected chi connectivity index (χ2v) is 4.32. The molecular formula is C10H12BrN3O. The van der Waals surface area contributed by atoms with Gasteiger partial charge in [0.15, 0.2) is 0 Å². The van der Waals surface area contributed by atoms with Crippen LogP contribution in [-0.2, 0) is 4.84 Å². The van der Waals surface area contributed by atoms with Crippen molar-refractivity contribution in [1.82, 2.24) is 4.98 Å². The standard InChI is InChI=1S/C10H12BrN3O/c11-7-1-2-9(13-6-7)10-5-8(3-4-12)15-14-10/h1-2,6,8H,3-5,12H2/t8-/m0/s1. The molecule has 0 amide bonds. The first-order valence-electron chi connectivity index (χ1n) is 4.84. The minimum absolute atomic E-state index is 0.121. The van der Waals surface area contributed by atoms with Crippen molar-refractivity contribution in [3.63, 3.8) is 0 Å². The minimum Gasteiger partial charge on any atom is -0.392 e. The molecule has 1 aliphatic heterocycles. The Morgan fingerprint density at radius 1 is 1.53 bits per heavy atom. The summed E-state index contributed by atoms with van der Waals surface area (Å²) in [5.74, 6) is 0. The van der Waals surface area contributed by atoms with E-state index in [4.69, 9.17) is 10.6 Å². The highest BCUT2D eigenvalue weighted by molar-refractivity contribution is 9.10. The SMILES string of the molecule is NCC[C@H]1CC(c2ccc(Br)cn2)=NO1. The van der Waals surface area contributed by atoms with Crippen LogP contribution in [0.2, 0.25) is 0 Å². The van der Waals surface area contributed by atoms with Gasteiger partial charge in [0.2, 0.25) is 0 Å². The van der Waals surface area contributed by atoms with Gasteiger partial charge in [-0.1, -0.05) is 5.16 Å². The highest BCUT2D eigenvalue weighted by atomic mass is 79.9.